The van der Waals surface area contributed by atoms with E-state index in [1.54, 1.807) is 33.7 Å². The first-order valence-corrected chi connectivity index (χ1v) is 13.0. The number of ether oxygens (including phenoxy) is 1. The lowest BCUT2D eigenvalue weighted by atomic mass is 10.1. The number of carbonyl (C=O) groups is 1. The van der Waals surface area contributed by atoms with Crippen molar-refractivity contribution in [3.8, 4) is 5.75 Å². The van der Waals surface area contributed by atoms with Gasteiger partial charge in [-0.05, 0) is 48.7 Å². The third kappa shape index (κ3) is 5.54. The topological polar surface area (TPSA) is 83.0 Å². The number of rotatable bonds is 6. The van der Waals surface area contributed by atoms with Crippen LogP contribution in [0, 0.1) is 0 Å². The summed E-state index contributed by atoms with van der Waals surface area (Å²) in [6.07, 6.45) is 7.40. The Morgan fingerprint density at radius 1 is 0.939 bits per heavy atom. The Bertz CT molecular complexity index is 1050. The van der Waals surface area contributed by atoms with Crippen LogP contribution in [-0.2, 0) is 16.6 Å². The predicted octanol–water partition coefficient (Wildman–Crippen LogP) is 2.61. The molecule has 0 aliphatic carbocycles. The van der Waals surface area contributed by atoms with E-state index >= 15 is 0 Å². The third-order valence-corrected chi connectivity index (χ3v) is 8.31. The lowest BCUT2D eigenvalue weighted by Gasteiger charge is -2.35. The first-order chi connectivity index (χ1) is 16.0. The van der Waals surface area contributed by atoms with E-state index in [-0.39, 0.29) is 10.8 Å². The fourth-order valence-electron chi connectivity index (χ4n) is 4.47. The zero-order chi connectivity index (χ0) is 23.3. The predicted molar refractivity (Wildman–Crippen MR) is 126 cm³/mol. The number of aromatic nitrogens is 1. The molecule has 0 spiro atoms. The van der Waals surface area contributed by atoms with E-state index in [0.29, 0.717) is 37.5 Å². The van der Waals surface area contributed by atoms with Crippen LogP contribution in [-0.4, -0.2) is 79.8 Å². The van der Waals surface area contributed by atoms with E-state index in [1.807, 2.05) is 12.1 Å². The number of pyridine rings is 1. The lowest BCUT2D eigenvalue weighted by Crippen LogP contribution is -2.48. The zero-order valence-electron chi connectivity index (χ0n) is 19.1. The molecule has 0 radical (unpaired) electrons. The number of piperazine rings is 1. The van der Waals surface area contributed by atoms with Crippen molar-refractivity contribution in [2.75, 3.05) is 46.4 Å². The molecule has 1 aromatic heterocycles. The first kappa shape index (κ1) is 23.7. The smallest absolute Gasteiger partial charge is 0.257 e. The molecule has 2 aromatic rings. The van der Waals surface area contributed by atoms with Crippen LogP contribution in [0.5, 0.6) is 5.75 Å². The summed E-state index contributed by atoms with van der Waals surface area (Å²) >= 11 is 0. The van der Waals surface area contributed by atoms with Crippen LogP contribution in [0.15, 0.2) is 47.6 Å². The highest BCUT2D eigenvalue weighted by Crippen LogP contribution is 2.27. The lowest BCUT2D eigenvalue weighted by molar-refractivity contribution is 0.0625. The summed E-state index contributed by atoms with van der Waals surface area (Å²) in [5, 5.41) is 0. The van der Waals surface area contributed by atoms with Crippen LogP contribution < -0.4 is 4.74 Å². The average Bonchev–Trinajstić information content (AvgIpc) is 3.15. The molecule has 0 unspecified atom stereocenters. The van der Waals surface area contributed by atoms with Crippen molar-refractivity contribution < 1.29 is 17.9 Å². The van der Waals surface area contributed by atoms with Gasteiger partial charge in [0.15, 0.2) is 0 Å². The molecule has 178 valence electrons. The van der Waals surface area contributed by atoms with Gasteiger partial charge in [-0.3, -0.25) is 14.7 Å². The summed E-state index contributed by atoms with van der Waals surface area (Å²) < 4.78 is 33.5. The van der Waals surface area contributed by atoms with Gasteiger partial charge >= 0.3 is 0 Å². The molecule has 2 fully saturated rings. The molecule has 2 saturated heterocycles. The van der Waals surface area contributed by atoms with E-state index in [2.05, 4.69) is 9.88 Å². The molecular formula is C24H32N4O4S. The SMILES string of the molecule is COc1ccc(S(=O)(=O)N2CCCCCC2)cc1C(=O)N1CCN(Cc2ccncc2)CC1. The Morgan fingerprint density at radius 2 is 1.61 bits per heavy atom. The zero-order valence-corrected chi connectivity index (χ0v) is 20.0. The quantitative estimate of drug-likeness (QED) is 0.643. The van der Waals surface area contributed by atoms with E-state index < -0.39 is 10.0 Å². The third-order valence-electron chi connectivity index (χ3n) is 6.42. The van der Waals surface area contributed by atoms with Crippen LogP contribution in [0.4, 0.5) is 0 Å². The van der Waals surface area contributed by atoms with Gasteiger partial charge in [-0.25, -0.2) is 8.42 Å². The summed E-state index contributed by atoms with van der Waals surface area (Å²) in [7, 11) is -2.15. The van der Waals surface area contributed by atoms with Crippen LogP contribution in [0.25, 0.3) is 0 Å². The second-order valence-electron chi connectivity index (χ2n) is 8.60. The van der Waals surface area contributed by atoms with Gasteiger partial charge in [-0.1, -0.05) is 12.8 Å². The van der Waals surface area contributed by atoms with E-state index in [1.165, 1.54) is 18.7 Å². The molecule has 2 aliphatic rings. The summed E-state index contributed by atoms with van der Waals surface area (Å²) in [6.45, 7) is 4.53. The Morgan fingerprint density at radius 3 is 2.24 bits per heavy atom. The number of sulfonamides is 1. The van der Waals surface area contributed by atoms with E-state index in [9.17, 15) is 13.2 Å². The highest BCUT2D eigenvalue weighted by atomic mass is 32.2. The average molecular weight is 473 g/mol. The molecule has 8 nitrogen and oxygen atoms in total. The highest BCUT2D eigenvalue weighted by molar-refractivity contribution is 7.89. The molecular weight excluding hydrogens is 440 g/mol. The van der Waals surface area contributed by atoms with Crippen molar-refractivity contribution in [1.29, 1.82) is 0 Å². The molecule has 0 N–H and O–H groups in total. The second-order valence-corrected chi connectivity index (χ2v) is 10.5. The minimum atomic E-state index is -3.65. The van der Waals surface area contributed by atoms with Crippen molar-refractivity contribution in [2.24, 2.45) is 0 Å². The normalized spacial score (nSPS) is 18.6. The highest BCUT2D eigenvalue weighted by Gasteiger charge is 2.29. The number of hydrogen-bond acceptors (Lipinski definition) is 6. The number of nitrogens with zero attached hydrogens (tertiary/aromatic N) is 4. The van der Waals surface area contributed by atoms with Crippen molar-refractivity contribution in [3.05, 3.63) is 53.9 Å². The molecule has 0 bridgehead atoms. The fourth-order valence-corrected chi connectivity index (χ4v) is 6.02. The molecule has 0 atom stereocenters. The Hall–Kier alpha value is -2.49. The summed E-state index contributed by atoms with van der Waals surface area (Å²) in [5.41, 5.74) is 1.49. The number of amides is 1. The Kier molecular flexibility index (Phi) is 7.62. The number of hydrogen-bond donors (Lipinski definition) is 0. The minimum Gasteiger partial charge on any atom is -0.496 e. The van der Waals surface area contributed by atoms with Gasteiger partial charge in [0.2, 0.25) is 10.0 Å². The number of methoxy groups -OCH3 is 1. The molecule has 2 aliphatic heterocycles. The fraction of sp³-hybridized carbons (Fsp3) is 0.500. The molecule has 1 amide bonds. The van der Waals surface area contributed by atoms with Crippen LogP contribution in [0.3, 0.4) is 0 Å². The van der Waals surface area contributed by atoms with Gasteiger partial charge in [0.25, 0.3) is 5.91 Å². The van der Waals surface area contributed by atoms with Crippen LogP contribution in [0.1, 0.15) is 41.6 Å². The minimum absolute atomic E-state index is 0.157. The standard InChI is InChI=1S/C24H32N4O4S/c1-32-23-7-6-21(33(30,31)28-12-4-2-3-5-13-28)18-22(23)24(29)27-16-14-26(15-17-27)19-20-8-10-25-11-9-20/h6-11,18H,2-5,12-17,19H2,1H3. The summed E-state index contributed by atoms with van der Waals surface area (Å²) in [5.74, 6) is 0.206. The van der Waals surface area contributed by atoms with Gasteiger partial charge in [0.1, 0.15) is 5.75 Å². The summed E-state index contributed by atoms with van der Waals surface area (Å²) in [4.78, 5) is 21.7. The van der Waals surface area contributed by atoms with Crippen molar-refractivity contribution in [2.45, 2.75) is 37.1 Å². The molecule has 3 heterocycles. The maximum Gasteiger partial charge on any atom is 0.257 e. The van der Waals surface area contributed by atoms with Crippen molar-refractivity contribution in [3.63, 3.8) is 0 Å². The van der Waals surface area contributed by atoms with Crippen LogP contribution >= 0.6 is 0 Å². The maximum atomic E-state index is 13.4. The molecule has 33 heavy (non-hydrogen) atoms. The monoisotopic (exact) mass is 472 g/mol. The largest absolute Gasteiger partial charge is 0.496 e. The van der Waals surface area contributed by atoms with Crippen molar-refractivity contribution in [1.82, 2.24) is 19.1 Å². The van der Waals surface area contributed by atoms with Gasteiger partial charge in [0, 0.05) is 58.2 Å². The van der Waals surface area contributed by atoms with E-state index in [0.717, 1.165) is 45.3 Å². The van der Waals surface area contributed by atoms with Gasteiger partial charge in [-0.15, -0.1) is 0 Å². The van der Waals surface area contributed by atoms with Gasteiger partial charge < -0.3 is 9.64 Å². The molecule has 1 aromatic carbocycles. The Labute approximate surface area is 196 Å². The van der Waals surface area contributed by atoms with Crippen molar-refractivity contribution >= 4 is 15.9 Å². The number of benzene rings is 1. The van der Waals surface area contributed by atoms with Crippen LogP contribution in [0.2, 0.25) is 0 Å². The summed E-state index contributed by atoms with van der Waals surface area (Å²) in [6, 6.07) is 8.63. The maximum absolute atomic E-state index is 13.4. The number of carbonyl (C=O) groups excluding carboxylic acids is 1. The van der Waals surface area contributed by atoms with E-state index in [4.69, 9.17) is 4.74 Å². The molecule has 9 heteroatoms. The molecule has 4 rings (SSSR count). The molecule has 0 saturated carbocycles. The van der Waals surface area contributed by atoms with Gasteiger partial charge in [0.05, 0.1) is 17.6 Å². The first-order valence-electron chi connectivity index (χ1n) is 11.6. The van der Waals surface area contributed by atoms with Gasteiger partial charge in [-0.2, -0.15) is 4.31 Å². The second kappa shape index (κ2) is 10.6. The Balaban J connectivity index is 1.48.